The molecule has 0 atom stereocenters. The molecular formula is C15H13NO5. The zero-order valence-electron chi connectivity index (χ0n) is 11.3. The highest BCUT2D eigenvalue weighted by atomic mass is 16.5. The fourth-order valence-electron chi connectivity index (χ4n) is 1.57. The van der Waals surface area contributed by atoms with Crippen molar-refractivity contribution in [3.63, 3.8) is 0 Å². The van der Waals surface area contributed by atoms with E-state index < -0.39 is 11.9 Å². The van der Waals surface area contributed by atoms with E-state index in [-0.39, 0.29) is 23.7 Å². The van der Waals surface area contributed by atoms with Gasteiger partial charge in [0.05, 0.1) is 11.8 Å². The number of anilines is 1. The molecule has 0 aliphatic heterocycles. The SMILES string of the molecule is CC(=O)COC(=O)c1cccc(NC(=O)c2ccco2)c1. The van der Waals surface area contributed by atoms with Crippen molar-refractivity contribution in [3.05, 3.63) is 54.0 Å². The second-order valence-corrected chi connectivity index (χ2v) is 4.29. The Labute approximate surface area is 120 Å². The fraction of sp³-hybridized carbons (Fsp3) is 0.133. The third-order valence-electron chi connectivity index (χ3n) is 2.51. The van der Waals surface area contributed by atoms with Crippen molar-refractivity contribution in [2.24, 2.45) is 0 Å². The van der Waals surface area contributed by atoms with Gasteiger partial charge in [0.2, 0.25) is 0 Å². The maximum absolute atomic E-state index is 11.8. The van der Waals surface area contributed by atoms with Crippen LogP contribution >= 0.6 is 0 Å². The summed E-state index contributed by atoms with van der Waals surface area (Å²) in [6, 6.07) is 9.35. The summed E-state index contributed by atoms with van der Waals surface area (Å²) in [5.74, 6) is -1.13. The Hall–Kier alpha value is -2.89. The van der Waals surface area contributed by atoms with E-state index in [0.717, 1.165) is 0 Å². The summed E-state index contributed by atoms with van der Waals surface area (Å²) in [6.07, 6.45) is 1.39. The van der Waals surface area contributed by atoms with Crippen LogP contribution in [0, 0.1) is 0 Å². The van der Waals surface area contributed by atoms with Gasteiger partial charge < -0.3 is 14.5 Å². The highest BCUT2D eigenvalue weighted by Crippen LogP contribution is 2.13. The predicted octanol–water partition coefficient (Wildman–Crippen LogP) is 2.28. The lowest BCUT2D eigenvalue weighted by atomic mass is 10.2. The molecule has 0 saturated carbocycles. The van der Waals surface area contributed by atoms with E-state index in [2.05, 4.69) is 5.32 Å². The van der Waals surface area contributed by atoms with Crippen molar-refractivity contribution < 1.29 is 23.5 Å². The number of ketones is 1. The molecule has 0 radical (unpaired) electrons. The zero-order valence-corrected chi connectivity index (χ0v) is 11.3. The van der Waals surface area contributed by atoms with Crippen LogP contribution in [0.4, 0.5) is 5.69 Å². The molecule has 6 nitrogen and oxygen atoms in total. The van der Waals surface area contributed by atoms with Gasteiger partial charge in [0.1, 0.15) is 6.61 Å². The van der Waals surface area contributed by atoms with Gasteiger partial charge in [-0.05, 0) is 37.3 Å². The van der Waals surface area contributed by atoms with Crippen molar-refractivity contribution in [2.75, 3.05) is 11.9 Å². The normalized spacial score (nSPS) is 9.95. The first-order valence-corrected chi connectivity index (χ1v) is 6.18. The van der Waals surface area contributed by atoms with Crippen molar-refractivity contribution >= 4 is 23.3 Å². The summed E-state index contributed by atoms with van der Waals surface area (Å²) in [5.41, 5.74) is 0.669. The van der Waals surface area contributed by atoms with Crippen LogP contribution in [0.25, 0.3) is 0 Å². The molecule has 0 unspecified atom stereocenters. The number of benzene rings is 1. The number of ether oxygens (including phenoxy) is 1. The number of furan rings is 1. The summed E-state index contributed by atoms with van der Waals surface area (Å²) in [6.45, 7) is 1.05. The van der Waals surface area contributed by atoms with E-state index in [1.165, 1.54) is 31.4 Å². The van der Waals surface area contributed by atoms with Crippen molar-refractivity contribution in [3.8, 4) is 0 Å². The highest BCUT2D eigenvalue weighted by Gasteiger charge is 2.12. The predicted molar refractivity (Wildman–Crippen MR) is 74.1 cm³/mol. The lowest BCUT2D eigenvalue weighted by Crippen LogP contribution is -2.13. The van der Waals surface area contributed by atoms with Gasteiger partial charge >= 0.3 is 5.97 Å². The molecule has 2 aromatic rings. The van der Waals surface area contributed by atoms with Gasteiger partial charge in [0.25, 0.3) is 5.91 Å². The molecule has 0 fully saturated rings. The molecule has 21 heavy (non-hydrogen) atoms. The zero-order chi connectivity index (χ0) is 15.2. The van der Waals surface area contributed by atoms with Crippen molar-refractivity contribution in [2.45, 2.75) is 6.92 Å². The number of carbonyl (C=O) groups is 3. The van der Waals surface area contributed by atoms with Crippen LogP contribution in [0.1, 0.15) is 27.8 Å². The van der Waals surface area contributed by atoms with Crippen molar-refractivity contribution in [1.29, 1.82) is 0 Å². The number of rotatable bonds is 5. The van der Waals surface area contributed by atoms with Crippen LogP contribution in [0.5, 0.6) is 0 Å². The Bertz CT molecular complexity index is 660. The smallest absolute Gasteiger partial charge is 0.338 e. The third kappa shape index (κ3) is 4.04. The number of esters is 1. The minimum Gasteiger partial charge on any atom is -0.459 e. The first-order valence-electron chi connectivity index (χ1n) is 6.18. The van der Waals surface area contributed by atoms with Gasteiger partial charge in [0, 0.05) is 5.69 Å². The van der Waals surface area contributed by atoms with E-state index in [1.54, 1.807) is 18.2 Å². The minimum absolute atomic E-state index is 0.166. The van der Waals surface area contributed by atoms with E-state index in [0.29, 0.717) is 5.69 Å². The molecule has 0 aliphatic rings. The topological polar surface area (TPSA) is 85.6 Å². The standard InChI is InChI=1S/C15H13NO5/c1-10(17)9-21-15(19)11-4-2-5-12(8-11)16-14(18)13-6-3-7-20-13/h2-8H,9H2,1H3,(H,16,18). The van der Waals surface area contributed by atoms with Gasteiger partial charge in [0.15, 0.2) is 11.5 Å². The van der Waals surface area contributed by atoms with Crippen LogP contribution in [0.2, 0.25) is 0 Å². The molecule has 0 aliphatic carbocycles. The molecule has 1 aromatic heterocycles. The van der Waals surface area contributed by atoms with Crippen LogP contribution < -0.4 is 5.32 Å². The first kappa shape index (κ1) is 14.5. The molecule has 1 amide bonds. The quantitative estimate of drug-likeness (QED) is 0.853. The molecule has 0 saturated heterocycles. The Kier molecular flexibility index (Phi) is 4.50. The monoisotopic (exact) mass is 287 g/mol. The molecular weight excluding hydrogens is 274 g/mol. The summed E-state index contributed by atoms with van der Waals surface area (Å²) in [5, 5.41) is 2.60. The molecule has 1 N–H and O–H groups in total. The van der Waals surface area contributed by atoms with E-state index in [1.807, 2.05) is 0 Å². The van der Waals surface area contributed by atoms with E-state index in [4.69, 9.17) is 9.15 Å². The van der Waals surface area contributed by atoms with Gasteiger partial charge in [-0.1, -0.05) is 6.07 Å². The third-order valence-corrected chi connectivity index (χ3v) is 2.51. The first-order chi connectivity index (χ1) is 10.1. The number of hydrogen-bond acceptors (Lipinski definition) is 5. The Morgan fingerprint density at radius 2 is 2.00 bits per heavy atom. The minimum atomic E-state index is -0.626. The van der Waals surface area contributed by atoms with E-state index >= 15 is 0 Å². The fourth-order valence-corrected chi connectivity index (χ4v) is 1.57. The Morgan fingerprint density at radius 1 is 1.19 bits per heavy atom. The van der Waals surface area contributed by atoms with E-state index in [9.17, 15) is 14.4 Å². The number of Topliss-reactive ketones (excluding diaryl/α,β-unsaturated/α-hetero) is 1. The maximum atomic E-state index is 11.8. The van der Waals surface area contributed by atoms with Crippen LogP contribution in [0.3, 0.4) is 0 Å². The van der Waals surface area contributed by atoms with Gasteiger partial charge in [-0.15, -0.1) is 0 Å². The number of carbonyl (C=O) groups excluding carboxylic acids is 3. The number of hydrogen-bond donors (Lipinski definition) is 1. The van der Waals surface area contributed by atoms with Crippen LogP contribution in [0.15, 0.2) is 47.1 Å². The van der Waals surface area contributed by atoms with Crippen LogP contribution in [-0.4, -0.2) is 24.3 Å². The molecule has 1 aromatic carbocycles. The lowest BCUT2D eigenvalue weighted by molar-refractivity contribution is -0.120. The second-order valence-electron chi connectivity index (χ2n) is 4.29. The molecule has 6 heteroatoms. The molecule has 1 heterocycles. The second kappa shape index (κ2) is 6.51. The lowest BCUT2D eigenvalue weighted by Gasteiger charge is -2.06. The van der Waals surface area contributed by atoms with Gasteiger partial charge in [-0.25, -0.2) is 4.79 Å². The average Bonchev–Trinajstić information content (AvgIpc) is 2.99. The summed E-state index contributed by atoms with van der Waals surface area (Å²) in [7, 11) is 0. The summed E-state index contributed by atoms with van der Waals surface area (Å²) in [4.78, 5) is 34.3. The van der Waals surface area contributed by atoms with Crippen molar-refractivity contribution in [1.82, 2.24) is 0 Å². The van der Waals surface area contributed by atoms with Crippen LogP contribution in [-0.2, 0) is 9.53 Å². The number of nitrogens with one attached hydrogen (secondary N) is 1. The molecule has 2 rings (SSSR count). The summed E-state index contributed by atoms with van der Waals surface area (Å²) >= 11 is 0. The summed E-state index contributed by atoms with van der Waals surface area (Å²) < 4.78 is 9.77. The average molecular weight is 287 g/mol. The Morgan fingerprint density at radius 3 is 2.67 bits per heavy atom. The molecule has 108 valence electrons. The Balaban J connectivity index is 2.05. The molecule has 0 spiro atoms. The largest absolute Gasteiger partial charge is 0.459 e. The highest BCUT2D eigenvalue weighted by molar-refractivity contribution is 6.03. The van der Waals surface area contributed by atoms with Gasteiger partial charge in [-0.3, -0.25) is 9.59 Å². The number of amides is 1. The van der Waals surface area contributed by atoms with Gasteiger partial charge in [-0.2, -0.15) is 0 Å². The molecule has 0 bridgehead atoms. The maximum Gasteiger partial charge on any atom is 0.338 e.